The number of nitrogens with zero attached hydrogens (tertiary/aromatic N) is 1. The third-order valence-corrected chi connectivity index (χ3v) is 3.79. The molecule has 0 unspecified atom stereocenters. The summed E-state index contributed by atoms with van der Waals surface area (Å²) in [6.45, 7) is 0. The number of aromatic amines is 1. The molecule has 0 saturated carbocycles. The Labute approximate surface area is 105 Å². The number of aromatic carboxylic acids is 1. The van der Waals surface area contributed by atoms with Crippen molar-refractivity contribution in [2.75, 3.05) is 0 Å². The minimum atomic E-state index is -1.06. The monoisotopic (exact) mass is 262 g/mol. The Morgan fingerprint density at radius 3 is 3.00 bits per heavy atom. The number of rotatable bonds is 2. The number of fused-ring (bicyclic) bond motifs is 1. The van der Waals surface area contributed by atoms with E-state index in [-0.39, 0.29) is 11.4 Å². The van der Waals surface area contributed by atoms with Crippen molar-refractivity contribution < 1.29 is 14.3 Å². The lowest BCUT2D eigenvalue weighted by Crippen LogP contribution is -1.95. The second-order valence-corrected chi connectivity index (χ2v) is 4.78. The molecule has 18 heavy (non-hydrogen) atoms. The summed E-state index contributed by atoms with van der Waals surface area (Å²) in [6.07, 6.45) is 1.25. The lowest BCUT2D eigenvalue weighted by atomic mass is 10.2. The van der Waals surface area contributed by atoms with Crippen LogP contribution in [0.5, 0.6) is 0 Å². The van der Waals surface area contributed by atoms with Crippen LogP contribution in [0.1, 0.15) is 10.4 Å². The van der Waals surface area contributed by atoms with Gasteiger partial charge in [0.2, 0.25) is 0 Å². The minimum absolute atomic E-state index is 0.0852. The smallest absolute Gasteiger partial charge is 0.339 e. The molecule has 0 spiro atoms. The third-order valence-electron chi connectivity index (χ3n) is 2.61. The van der Waals surface area contributed by atoms with E-state index in [1.807, 2.05) is 0 Å². The highest BCUT2D eigenvalue weighted by atomic mass is 32.1. The average Bonchev–Trinajstić information content (AvgIpc) is 2.95. The first-order chi connectivity index (χ1) is 8.66. The Bertz CT molecular complexity index is 747. The molecule has 6 heteroatoms. The lowest BCUT2D eigenvalue weighted by Gasteiger charge is -1.93. The van der Waals surface area contributed by atoms with E-state index in [4.69, 9.17) is 5.11 Å². The third kappa shape index (κ3) is 1.58. The average molecular weight is 262 g/mol. The summed E-state index contributed by atoms with van der Waals surface area (Å²) in [5.74, 6) is -1.36. The van der Waals surface area contributed by atoms with Crippen molar-refractivity contribution in [1.82, 2.24) is 10.2 Å². The summed E-state index contributed by atoms with van der Waals surface area (Å²) in [4.78, 5) is 11.7. The van der Waals surface area contributed by atoms with Gasteiger partial charge in [-0.3, -0.25) is 5.10 Å². The number of hydrogen-bond acceptors (Lipinski definition) is 3. The van der Waals surface area contributed by atoms with Gasteiger partial charge in [0.1, 0.15) is 11.4 Å². The molecule has 0 aliphatic heterocycles. The van der Waals surface area contributed by atoms with Crippen LogP contribution in [0.2, 0.25) is 0 Å². The van der Waals surface area contributed by atoms with E-state index in [1.54, 1.807) is 18.2 Å². The summed E-state index contributed by atoms with van der Waals surface area (Å²) < 4.78 is 14.1. The fraction of sp³-hybridized carbons (Fsp3) is 0. The summed E-state index contributed by atoms with van der Waals surface area (Å²) in [5, 5.41) is 16.1. The maximum atomic E-state index is 13.6. The second-order valence-electron chi connectivity index (χ2n) is 3.73. The molecule has 4 nitrogen and oxygen atoms in total. The molecule has 0 amide bonds. The van der Waals surface area contributed by atoms with Gasteiger partial charge < -0.3 is 5.11 Å². The Kier molecular flexibility index (Phi) is 2.38. The van der Waals surface area contributed by atoms with E-state index in [0.717, 1.165) is 5.39 Å². The largest absolute Gasteiger partial charge is 0.478 e. The first kappa shape index (κ1) is 10.9. The van der Waals surface area contributed by atoms with Crippen molar-refractivity contribution in [2.45, 2.75) is 0 Å². The van der Waals surface area contributed by atoms with Gasteiger partial charge in [0.25, 0.3) is 0 Å². The van der Waals surface area contributed by atoms with E-state index >= 15 is 0 Å². The van der Waals surface area contributed by atoms with Crippen LogP contribution in [0.4, 0.5) is 4.39 Å². The number of carboxylic acids is 1. The van der Waals surface area contributed by atoms with E-state index in [1.165, 1.54) is 23.6 Å². The van der Waals surface area contributed by atoms with Gasteiger partial charge >= 0.3 is 5.97 Å². The van der Waals surface area contributed by atoms with Crippen LogP contribution in [-0.2, 0) is 0 Å². The fourth-order valence-corrected chi connectivity index (χ4v) is 2.86. The highest BCUT2D eigenvalue weighted by Crippen LogP contribution is 2.35. The van der Waals surface area contributed by atoms with E-state index < -0.39 is 5.97 Å². The van der Waals surface area contributed by atoms with Gasteiger partial charge in [-0.2, -0.15) is 5.10 Å². The van der Waals surface area contributed by atoms with Crippen molar-refractivity contribution >= 4 is 27.4 Å². The van der Waals surface area contributed by atoms with Gasteiger partial charge in [-0.1, -0.05) is 12.1 Å². The predicted molar refractivity (Wildman–Crippen MR) is 66.3 cm³/mol. The van der Waals surface area contributed by atoms with E-state index in [2.05, 4.69) is 10.2 Å². The summed E-state index contributed by atoms with van der Waals surface area (Å²) in [7, 11) is 0. The molecule has 0 bridgehead atoms. The SMILES string of the molecule is O=C(O)c1cn[nH]c1-c1cc2cccc(F)c2s1. The molecule has 90 valence electrons. The number of halogens is 1. The van der Waals surface area contributed by atoms with Crippen molar-refractivity contribution in [1.29, 1.82) is 0 Å². The molecule has 2 N–H and O–H groups in total. The van der Waals surface area contributed by atoms with Crippen LogP contribution in [0.25, 0.3) is 20.7 Å². The van der Waals surface area contributed by atoms with Gasteiger partial charge in [-0.05, 0) is 17.5 Å². The van der Waals surface area contributed by atoms with Gasteiger partial charge in [0.05, 0.1) is 21.5 Å². The highest BCUT2D eigenvalue weighted by Gasteiger charge is 2.16. The molecule has 0 saturated heterocycles. The molecule has 0 radical (unpaired) electrons. The summed E-state index contributed by atoms with van der Waals surface area (Å²) in [6, 6.07) is 6.55. The molecular weight excluding hydrogens is 255 g/mol. The second kappa shape index (κ2) is 3.92. The van der Waals surface area contributed by atoms with Crippen LogP contribution in [0.15, 0.2) is 30.5 Å². The first-order valence-electron chi connectivity index (χ1n) is 5.12. The zero-order chi connectivity index (χ0) is 12.7. The standard InChI is InChI=1S/C12H7FN2O2S/c13-8-3-1-2-6-4-9(18-11(6)8)10-7(12(16)17)5-14-15-10/h1-5H,(H,14,15)(H,16,17). The first-order valence-corrected chi connectivity index (χ1v) is 5.93. The Morgan fingerprint density at radius 1 is 1.44 bits per heavy atom. The number of thiophene rings is 1. The molecule has 3 aromatic rings. The molecule has 0 fully saturated rings. The molecule has 2 heterocycles. The number of aromatic nitrogens is 2. The summed E-state index contributed by atoms with van der Waals surface area (Å²) >= 11 is 1.20. The van der Waals surface area contributed by atoms with Crippen molar-refractivity contribution in [3.63, 3.8) is 0 Å². The fourth-order valence-electron chi connectivity index (χ4n) is 1.79. The zero-order valence-corrected chi connectivity index (χ0v) is 9.79. The quantitative estimate of drug-likeness (QED) is 0.745. The molecule has 2 aromatic heterocycles. The summed E-state index contributed by atoms with van der Waals surface area (Å²) in [5.41, 5.74) is 0.491. The normalized spacial score (nSPS) is 10.9. The molecule has 0 aliphatic rings. The van der Waals surface area contributed by atoms with E-state index in [0.29, 0.717) is 15.3 Å². The van der Waals surface area contributed by atoms with Crippen molar-refractivity contribution in [3.05, 3.63) is 41.8 Å². The molecule has 0 aliphatic carbocycles. The number of hydrogen-bond donors (Lipinski definition) is 2. The van der Waals surface area contributed by atoms with Crippen LogP contribution < -0.4 is 0 Å². The lowest BCUT2D eigenvalue weighted by molar-refractivity contribution is 0.0698. The van der Waals surface area contributed by atoms with Crippen molar-refractivity contribution in [2.24, 2.45) is 0 Å². The van der Waals surface area contributed by atoms with Crippen LogP contribution in [-0.4, -0.2) is 21.3 Å². The number of benzene rings is 1. The number of carboxylic acid groups (broad SMARTS) is 1. The topological polar surface area (TPSA) is 66.0 Å². The van der Waals surface area contributed by atoms with Crippen LogP contribution in [0, 0.1) is 5.82 Å². The number of nitrogens with one attached hydrogen (secondary N) is 1. The van der Waals surface area contributed by atoms with Gasteiger partial charge in [0.15, 0.2) is 0 Å². The Hall–Kier alpha value is -2.21. The molecule has 0 atom stereocenters. The van der Waals surface area contributed by atoms with Gasteiger partial charge in [0, 0.05) is 0 Å². The van der Waals surface area contributed by atoms with Crippen molar-refractivity contribution in [3.8, 4) is 10.6 Å². The molecule has 1 aromatic carbocycles. The minimum Gasteiger partial charge on any atom is -0.478 e. The maximum absolute atomic E-state index is 13.6. The highest BCUT2D eigenvalue weighted by molar-refractivity contribution is 7.22. The maximum Gasteiger partial charge on any atom is 0.339 e. The van der Waals surface area contributed by atoms with Gasteiger partial charge in [-0.15, -0.1) is 11.3 Å². The zero-order valence-electron chi connectivity index (χ0n) is 8.98. The predicted octanol–water partition coefficient (Wildman–Crippen LogP) is 3.13. The Morgan fingerprint density at radius 2 is 2.28 bits per heavy atom. The Balaban J connectivity index is 2.23. The van der Waals surface area contributed by atoms with Crippen LogP contribution >= 0.6 is 11.3 Å². The number of carbonyl (C=O) groups is 1. The van der Waals surface area contributed by atoms with Crippen LogP contribution in [0.3, 0.4) is 0 Å². The molecular formula is C12H7FN2O2S. The van der Waals surface area contributed by atoms with E-state index in [9.17, 15) is 9.18 Å². The van der Waals surface area contributed by atoms with Gasteiger partial charge in [-0.25, -0.2) is 9.18 Å². The molecule has 3 rings (SSSR count). The number of H-pyrrole nitrogens is 1.